The van der Waals surface area contributed by atoms with Crippen LogP contribution >= 0.6 is 0 Å². The molecule has 1 unspecified atom stereocenters. The maximum absolute atomic E-state index is 12.5. The number of para-hydroxylation sites is 1. The van der Waals surface area contributed by atoms with Gasteiger partial charge in [0, 0.05) is 36.6 Å². The first-order chi connectivity index (χ1) is 12.1. The third-order valence-electron chi connectivity index (χ3n) is 4.32. The van der Waals surface area contributed by atoms with Crippen molar-refractivity contribution in [3.63, 3.8) is 0 Å². The fraction of sp³-hybridized carbons (Fsp3) is 0.263. The van der Waals surface area contributed by atoms with E-state index in [9.17, 15) is 9.59 Å². The Hall–Kier alpha value is -2.86. The molecule has 0 aromatic heterocycles. The summed E-state index contributed by atoms with van der Waals surface area (Å²) in [6.07, 6.45) is 0.974. The van der Waals surface area contributed by atoms with Crippen LogP contribution < -0.4 is 16.0 Å². The molecule has 25 heavy (non-hydrogen) atoms. The van der Waals surface area contributed by atoms with Gasteiger partial charge in [-0.1, -0.05) is 18.2 Å². The van der Waals surface area contributed by atoms with Gasteiger partial charge in [0.05, 0.1) is 0 Å². The molecule has 0 spiro atoms. The van der Waals surface area contributed by atoms with Crippen LogP contribution in [0.25, 0.3) is 0 Å². The second-order valence-electron chi connectivity index (χ2n) is 6.09. The van der Waals surface area contributed by atoms with Crippen LogP contribution in [-0.4, -0.2) is 43.0 Å². The number of benzene rings is 2. The lowest BCUT2D eigenvalue weighted by molar-refractivity contribution is 0.0744. The van der Waals surface area contributed by atoms with E-state index in [0.29, 0.717) is 11.3 Å². The molecule has 3 N–H and O–H groups in total. The minimum atomic E-state index is -0.320. The summed E-state index contributed by atoms with van der Waals surface area (Å²) in [6.45, 7) is 1.78. The van der Waals surface area contributed by atoms with Gasteiger partial charge in [-0.2, -0.15) is 0 Å². The lowest BCUT2D eigenvalue weighted by Gasteiger charge is -2.23. The van der Waals surface area contributed by atoms with Crippen molar-refractivity contribution < 1.29 is 9.59 Å². The monoisotopic (exact) mass is 338 g/mol. The molecule has 1 aliphatic heterocycles. The molecular formula is C19H22N4O2. The molecule has 1 atom stereocenters. The number of urea groups is 1. The van der Waals surface area contributed by atoms with Crippen molar-refractivity contribution in [3.8, 4) is 0 Å². The third kappa shape index (κ3) is 4.36. The van der Waals surface area contributed by atoms with E-state index in [1.54, 1.807) is 29.2 Å². The fourth-order valence-corrected chi connectivity index (χ4v) is 2.85. The normalized spacial score (nSPS) is 16.3. The van der Waals surface area contributed by atoms with Crippen molar-refractivity contribution in [1.82, 2.24) is 10.2 Å². The Morgan fingerprint density at radius 2 is 1.64 bits per heavy atom. The molecule has 130 valence electrons. The summed E-state index contributed by atoms with van der Waals surface area (Å²) in [7, 11) is 1.83. The summed E-state index contributed by atoms with van der Waals surface area (Å²) < 4.78 is 0. The number of carbonyl (C=O) groups excluding carboxylic acids is 2. The van der Waals surface area contributed by atoms with Gasteiger partial charge in [0.25, 0.3) is 5.91 Å². The van der Waals surface area contributed by atoms with Gasteiger partial charge in [-0.3, -0.25) is 4.79 Å². The van der Waals surface area contributed by atoms with Crippen LogP contribution in [0.5, 0.6) is 0 Å². The maximum Gasteiger partial charge on any atom is 0.323 e. The highest BCUT2D eigenvalue weighted by Gasteiger charge is 2.23. The van der Waals surface area contributed by atoms with E-state index in [2.05, 4.69) is 16.0 Å². The molecule has 1 saturated heterocycles. The van der Waals surface area contributed by atoms with Gasteiger partial charge in [-0.05, 0) is 49.4 Å². The van der Waals surface area contributed by atoms with E-state index in [1.807, 2.05) is 37.4 Å². The molecule has 0 bridgehead atoms. The Bertz CT molecular complexity index is 725. The number of carbonyl (C=O) groups is 2. The van der Waals surface area contributed by atoms with E-state index in [0.717, 1.165) is 25.2 Å². The molecule has 1 fully saturated rings. The number of amides is 3. The number of hydrogen-bond donors (Lipinski definition) is 3. The van der Waals surface area contributed by atoms with E-state index in [-0.39, 0.29) is 18.0 Å². The zero-order chi connectivity index (χ0) is 17.6. The van der Waals surface area contributed by atoms with Gasteiger partial charge >= 0.3 is 6.03 Å². The Balaban J connectivity index is 1.58. The molecule has 6 nitrogen and oxygen atoms in total. The van der Waals surface area contributed by atoms with Crippen molar-refractivity contribution in [2.24, 2.45) is 0 Å². The van der Waals surface area contributed by atoms with Crippen LogP contribution in [0.1, 0.15) is 16.8 Å². The van der Waals surface area contributed by atoms with E-state index >= 15 is 0 Å². The van der Waals surface area contributed by atoms with E-state index < -0.39 is 0 Å². The predicted molar refractivity (Wildman–Crippen MR) is 98.9 cm³/mol. The summed E-state index contributed by atoms with van der Waals surface area (Å²) >= 11 is 0. The first kappa shape index (κ1) is 17.0. The Kier molecular flexibility index (Phi) is 5.30. The van der Waals surface area contributed by atoms with E-state index in [4.69, 9.17) is 0 Å². The topological polar surface area (TPSA) is 73.5 Å². The molecule has 3 rings (SSSR count). The second kappa shape index (κ2) is 7.81. The van der Waals surface area contributed by atoms with E-state index in [1.165, 1.54) is 0 Å². The predicted octanol–water partition coefficient (Wildman–Crippen LogP) is 2.76. The first-order valence-corrected chi connectivity index (χ1v) is 8.34. The standard InChI is InChI=1S/C19H22N4O2/c1-23(17-11-12-20-13-17)18(24)14-7-9-16(10-8-14)22-19(25)21-15-5-3-2-4-6-15/h2-10,17,20H,11-13H2,1H3,(H2,21,22,25). The van der Waals surface area contributed by atoms with Gasteiger partial charge in [0.15, 0.2) is 0 Å². The second-order valence-corrected chi connectivity index (χ2v) is 6.09. The highest BCUT2D eigenvalue weighted by molar-refractivity contribution is 6.00. The summed E-state index contributed by atoms with van der Waals surface area (Å²) in [5.41, 5.74) is 1.97. The molecule has 2 aromatic rings. The number of anilines is 2. The molecule has 2 aromatic carbocycles. The molecule has 0 aliphatic carbocycles. The zero-order valence-corrected chi connectivity index (χ0v) is 14.2. The minimum absolute atomic E-state index is 0.00557. The van der Waals surface area contributed by atoms with Crippen molar-refractivity contribution >= 4 is 23.3 Å². The molecule has 3 amide bonds. The van der Waals surface area contributed by atoms with Crippen LogP contribution in [-0.2, 0) is 0 Å². The average Bonchev–Trinajstić information content (AvgIpc) is 3.16. The molecule has 1 heterocycles. The molecule has 0 saturated carbocycles. The Morgan fingerprint density at radius 1 is 1.00 bits per heavy atom. The summed E-state index contributed by atoms with van der Waals surface area (Å²) in [6, 6.07) is 16.1. The van der Waals surface area contributed by atoms with Gasteiger partial charge in [-0.15, -0.1) is 0 Å². The highest BCUT2D eigenvalue weighted by Crippen LogP contribution is 2.15. The average molecular weight is 338 g/mol. The smallest absolute Gasteiger partial charge is 0.323 e. The van der Waals surface area contributed by atoms with Crippen molar-refractivity contribution in [2.75, 3.05) is 30.8 Å². The quantitative estimate of drug-likeness (QED) is 0.802. The number of nitrogens with zero attached hydrogens (tertiary/aromatic N) is 1. The number of hydrogen-bond acceptors (Lipinski definition) is 3. The molecule has 0 radical (unpaired) electrons. The summed E-state index contributed by atoms with van der Waals surface area (Å²) in [5, 5.41) is 8.77. The van der Waals surface area contributed by atoms with Crippen LogP contribution in [0.3, 0.4) is 0 Å². The van der Waals surface area contributed by atoms with Crippen LogP contribution in [0, 0.1) is 0 Å². The summed E-state index contributed by atoms with van der Waals surface area (Å²) in [4.78, 5) is 26.3. The highest BCUT2D eigenvalue weighted by atomic mass is 16.2. The Morgan fingerprint density at radius 3 is 2.24 bits per heavy atom. The zero-order valence-electron chi connectivity index (χ0n) is 14.2. The van der Waals surface area contributed by atoms with Gasteiger partial charge in [-0.25, -0.2) is 4.79 Å². The SMILES string of the molecule is CN(C(=O)c1ccc(NC(=O)Nc2ccccc2)cc1)C1CCNC1. The lowest BCUT2D eigenvalue weighted by atomic mass is 10.1. The van der Waals surface area contributed by atoms with Crippen molar-refractivity contribution in [1.29, 1.82) is 0 Å². The molecule has 1 aliphatic rings. The first-order valence-electron chi connectivity index (χ1n) is 8.34. The minimum Gasteiger partial charge on any atom is -0.337 e. The molecular weight excluding hydrogens is 316 g/mol. The molecule has 6 heteroatoms. The van der Waals surface area contributed by atoms with Crippen molar-refractivity contribution in [2.45, 2.75) is 12.5 Å². The van der Waals surface area contributed by atoms with Crippen LogP contribution in [0.2, 0.25) is 0 Å². The maximum atomic E-state index is 12.5. The van der Waals surface area contributed by atoms with Gasteiger partial charge in [0.1, 0.15) is 0 Å². The van der Waals surface area contributed by atoms with Gasteiger partial charge in [0.2, 0.25) is 0 Å². The van der Waals surface area contributed by atoms with Crippen LogP contribution in [0.4, 0.5) is 16.2 Å². The summed E-state index contributed by atoms with van der Waals surface area (Å²) in [5.74, 6) is -0.00557. The van der Waals surface area contributed by atoms with Gasteiger partial charge < -0.3 is 20.9 Å². The largest absolute Gasteiger partial charge is 0.337 e. The Labute approximate surface area is 147 Å². The van der Waals surface area contributed by atoms with Crippen LogP contribution in [0.15, 0.2) is 54.6 Å². The number of rotatable bonds is 4. The van der Waals surface area contributed by atoms with Crippen molar-refractivity contribution in [3.05, 3.63) is 60.2 Å². The fourth-order valence-electron chi connectivity index (χ4n) is 2.85. The number of nitrogens with one attached hydrogen (secondary N) is 3. The number of likely N-dealkylation sites (N-methyl/N-ethyl adjacent to an activating group) is 1. The third-order valence-corrected chi connectivity index (χ3v) is 4.32. The lowest BCUT2D eigenvalue weighted by Crippen LogP contribution is -2.38.